The van der Waals surface area contributed by atoms with Crippen LogP contribution in [0.25, 0.3) is 0 Å². The minimum atomic E-state index is -1.16. The first-order chi connectivity index (χ1) is 16.7. The van der Waals surface area contributed by atoms with Crippen LogP contribution in [0.5, 0.6) is 0 Å². The standard InChI is InChI=1S/4C5H11NO2S.Pt/c4*1-9-3-2-4(6)5(7)8;/h4*4H,2-3,6H2,1H3,(H,7,8);/q;;;;+4/p-4/t4*4-;/m0000./s1. The van der Waals surface area contributed by atoms with Gasteiger partial charge in [0.1, 0.15) is 0 Å². The molecule has 17 heteroatoms. The molecule has 8 N–H and O–H groups in total. The van der Waals surface area contributed by atoms with Gasteiger partial charge >= 0.3 is 21.1 Å². The predicted octanol–water partition coefficient (Wildman–Crippen LogP) is -4.74. The molecular weight excluding hydrogens is 748 g/mol. The Balaban J connectivity index is -0.000000122. The molecule has 0 spiro atoms. The fourth-order valence-electron chi connectivity index (χ4n) is 1.45. The number of aliphatic carboxylic acids is 4. The summed E-state index contributed by atoms with van der Waals surface area (Å²) in [5.41, 5.74) is 20.5. The number of thioether (sulfide) groups is 4. The number of carboxylic acids is 4. The van der Waals surface area contributed by atoms with E-state index < -0.39 is 48.0 Å². The molecule has 0 aromatic heterocycles. The molecule has 0 rings (SSSR count). The average Bonchev–Trinajstić information content (AvgIpc) is 2.83. The molecule has 37 heavy (non-hydrogen) atoms. The Hall–Kier alpha value is -0.192. The number of hydrogen-bond donors (Lipinski definition) is 4. The minimum Gasteiger partial charge on any atom is -0.548 e. The van der Waals surface area contributed by atoms with Crippen molar-refractivity contribution >= 4 is 70.9 Å². The third-order valence-corrected chi connectivity index (χ3v) is 6.32. The van der Waals surface area contributed by atoms with Gasteiger partial charge in [-0.1, -0.05) is 0 Å². The Morgan fingerprint density at radius 3 is 0.703 bits per heavy atom. The van der Waals surface area contributed by atoms with E-state index in [9.17, 15) is 39.6 Å². The van der Waals surface area contributed by atoms with E-state index in [0.29, 0.717) is 25.7 Å². The van der Waals surface area contributed by atoms with Gasteiger partial charge in [0.15, 0.2) is 0 Å². The van der Waals surface area contributed by atoms with E-state index in [0.717, 1.165) is 23.0 Å². The molecule has 0 saturated heterocycles. The summed E-state index contributed by atoms with van der Waals surface area (Å²) in [4.78, 5) is 39.8. The molecule has 0 heterocycles. The molecule has 4 atom stereocenters. The Kier molecular flexibility index (Phi) is 42.7. The van der Waals surface area contributed by atoms with Gasteiger partial charge in [0, 0.05) is 24.2 Å². The number of hydrogen-bond acceptors (Lipinski definition) is 16. The zero-order chi connectivity index (χ0) is 29.1. The molecule has 0 aliphatic carbocycles. The summed E-state index contributed by atoms with van der Waals surface area (Å²) in [5.74, 6) is -1.56. The van der Waals surface area contributed by atoms with Crippen molar-refractivity contribution in [3.8, 4) is 0 Å². The second kappa shape index (κ2) is 33.8. The van der Waals surface area contributed by atoms with Crippen molar-refractivity contribution in [3.63, 3.8) is 0 Å². The molecule has 222 valence electrons. The third-order valence-electron chi connectivity index (χ3n) is 3.74. The molecule has 0 unspecified atom stereocenters. The summed E-state index contributed by atoms with van der Waals surface area (Å²) in [6.45, 7) is 0. The van der Waals surface area contributed by atoms with Crippen molar-refractivity contribution in [1.29, 1.82) is 0 Å². The normalized spacial score (nSPS) is 12.8. The van der Waals surface area contributed by atoms with Gasteiger partial charge in [0.2, 0.25) is 0 Å². The Bertz CT molecular complexity index is 490. The van der Waals surface area contributed by atoms with Crippen molar-refractivity contribution in [2.24, 2.45) is 22.9 Å². The van der Waals surface area contributed by atoms with E-state index in [1.165, 1.54) is 0 Å². The predicted molar refractivity (Wildman–Crippen MR) is 144 cm³/mol. The van der Waals surface area contributed by atoms with Crippen LogP contribution in [0.2, 0.25) is 0 Å². The van der Waals surface area contributed by atoms with Crippen molar-refractivity contribution < 1.29 is 60.7 Å². The number of carbonyl (C=O) groups is 4. The van der Waals surface area contributed by atoms with Gasteiger partial charge in [-0.2, -0.15) is 47.0 Å². The molecule has 12 nitrogen and oxygen atoms in total. The van der Waals surface area contributed by atoms with Crippen molar-refractivity contribution in [1.82, 2.24) is 0 Å². The largest absolute Gasteiger partial charge is 4.00 e. The van der Waals surface area contributed by atoms with Gasteiger partial charge in [-0.15, -0.1) is 0 Å². The fourth-order valence-corrected chi connectivity index (χ4v) is 3.41. The zero-order valence-corrected chi connectivity index (χ0v) is 27.0. The van der Waals surface area contributed by atoms with Crippen molar-refractivity contribution in [2.75, 3.05) is 48.0 Å². The first kappa shape index (κ1) is 46.6. The average molecular weight is 788 g/mol. The maximum atomic E-state index is 9.96. The van der Waals surface area contributed by atoms with Crippen molar-refractivity contribution in [3.05, 3.63) is 0 Å². The summed E-state index contributed by atoms with van der Waals surface area (Å²) < 4.78 is 0. The van der Waals surface area contributed by atoms with Crippen LogP contribution in [-0.2, 0) is 40.2 Å². The van der Waals surface area contributed by atoms with Crippen LogP contribution in [0.4, 0.5) is 0 Å². The van der Waals surface area contributed by atoms with Crippen LogP contribution >= 0.6 is 47.0 Å². The van der Waals surface area contributed by atoms with Gasteiger partial charge < -0.3 is 62.5 Å². The SMILES string of the molecule is CSCC[C@H](N)C(=O)[O-].CSCC[C@H](N)C(=O)[O-].CSCC[C@H](N)C(=O)[O-].CSCC[C@H](N)C(=O)[O-].[Pt+4]. The van der Waals surface area contributed by atoms with Gasteiger partial charge in [0.05, 0.1) is 23.9 Å². The topological polar surface area (TPSA) is 265 Å². The molecule has 0 bridgehead atoms. The van der Waals surface area contributed by atoms with Crippen LogP contribution in [0.15, 0.2) is 0 Å². The molecule has 0 aliphatic rings. The van der Waals surface area contributed by atoms with E-state index in [-0.39, 0.29) is 21.1 Å². The van der Waals surface area contributed by atoms with Gasteiger partial charge in [-0.3, -0.25) is 0 Å². The molecule has 0 aromatic carbocycles. The zero-order valence-electron chi connectivity index (χ0n) is 21.5. The smallest absolute Gasteiger partial charge is 0.548 e. The van der Waals surface area contributed by atoms with Crippen LogP contribution < -0.4 is 43.4 Å². The van der Waals surface area contributed by atoms with Gasteiger partial charge in [-0.25, -0.2) is 0 Å². The summed E-state index contributed by atoms with van der Waals surface area (Å²) in [5, 5.41) is 39.8. The Morgan fingerprint density at radius 2 is 0.622 bits per heavy atom. The summed E-state index contributed by atoms with van der Waals surface area (Å²) in [7, 11) is 0. The molecule has 0 saturated carbocycles. The quantitative estimate of drug-likeness (QED) is 0.114. The second-order valence-electron chi connectivity index (χ2n) is 6.83. The van der Waals surface area contributed by atoms with Crippen LogP contribution in [0.1, 0.15) is 25.7 Å². The number of nitrogens with two attached hydrogens (primary N) is 4. The third kappa shape index (κ3) is 40.5. The van der Waals surface area contributed by atoms with E-state index in [2.05, 4.69) is 0 Å². The second-order valence-corrected chi connectivity index (χ2v) is 10.8. The van der Waals surface area contributed by atoms with Crippen LogP contribution in [0.3, 0.4) is 0 Å². The first-order valence-corrected chi connectivity index (χ1v) is 16.1. The minimum absolute atomic E-state index is 0. The molecule has 0 aromatic rings. The van der Waals surface area contributed by atoms with Crippen molar-refractivity contribution in [2.45, 2.75) is 49.9 Å². The molecular formula is C20H40N4O8PtS4. The van der Waals surface area contributed by atoms with Gasteiger partial charge in [0.25, 0.3) is 0 Å². The maximum Gasteiger partial charge on any atom is 4.00 e. The summed E-state index contributed by atoms with van der Waals surface area (Å²) >= 11 is 6.30. The molecule has 0 amide bonds. The molecule has 0 radical (unpaired) electrons. The van der Waals surface area contributed by atoms with E-state index >= 15 is 0 Å². The monoisotopic (exact) mass is 787 g/mol. The molecule has 0 aliphatic heterocycles. The Labute approximate surface area is 251 Å². The number of carboxylic acid groups (broad SMARTS) is 4. The summed E-state index contributed by atoms with van der Waals surface area (Å²) in [6, 6.07) is -3.18. The first-order valence-electron chi connectivity index (χ1n) is 10.5. The number of carbonyl (C=O) groups excluding carboxylic acids is 4. The van der Waals surface area contributed by atoms with Gasteiger partial charge in [-0.05, 0) is 73.7 Å². The maximum absolute atomic E-state index is 9.96. The van der Waals surface area contributed by atoms with Crippen LogP contribution in [-0.4, -0.2) is 96.1 Å². The summed E-state index contributed by atoms with van der Waals surface area (Å²) in [6.07, 6.45) is 9.58. The number of rotatable bonds is 16. The molecule has 0 fully saturated rings. The van der Waals surface area contributed by atoms with E-state index in [1.807, 2.05) is 25.0 Å². The fraction of sp³-hybridized carbons (Fsp3) is 0.800. The van der Waals surface area contributed by atoms with E-state index in [4.69, 9.17) is 22.9 Å². The van der Waals surface area contributed by atoms with Crippen LogP contribution in [0, 0.1) is 0 Å². The van der Waals surface area contributed by atoms with E-state index in [1.54, 1.807) is 47.0 Å². The Morgan fingerprint density at radius 1 is 0.486 bits per heavy atom.